The summed E-state index contributed by atoms with van der Waals surface area (Å²) in [5, 5.41) is 0. The molecule has 0 aliphatic heterocycles. The van der Waals surface area contributed by atoms with Crippen LogP contribution in [0.5, 0.6) is 0 Å². The first-order valence-electron chi connectivity index (χ1n) is 3.23. The zero-order valence-electron chi connectivity index (χ0n) is 6.03. The topological polar surface area (TPSA) is 64.9 Å². The number of nitrogen functional groups attached to an aromatic ring is 1. The Labute approximate surface area is 63.1 Å². The molecule has 0 saturated carbocycles. The third kappa shape index (κ3) is 0.832. The SMILES string of the molecule is Cc1coc2ncc(N)nc12. The van der Waals surface area contributed by atoms with E-state index in [0.29, 0.717) is 11.5 Å². The van der Waals surface area contributed by atoms with E-state index in [1.165, 1.54) is 6.20 Å². The Morgan fingerprint density at radius 2 is 2.36 bits per heavy atom. The number of aromatic nitrogens is 2. The fraction of sp³-hybridized carbons (Fsp3) is 0.143. The molecule has 2 N–H and O–H groups in total. The second-order valence-corrected chi connectivity index (χ2v) is 2.37. The van der Waals surface area contributed by atoms with Crippen LogP contribution < -0.4 is 5.73 Å². The van der Waals surface area contributed by atoms with Gasteiger partial charge in [-0.15, -0.1) is 0 Å². The third-order valence-corrected chi connectivity index (χ3v) is 1.48. The van der Waals surface area contributed by atoms with Crippen LogP contribution >= 0.6 is 0 Å². The van der Waals surface area contributed by atoms with Crippen molar-refractivity contribution in [3.63, 3.8) is 0 Å². The predicted octanol–water partition coefficient (Wildman–Crippen LogP) is 1.11. The lowest BCUT2D eigenvalue weighted by molar-refractivity contribution is 0.600. The third-order valence-electron chi connectivity index (χ3n) is 1.48. The second kappa shape index (κ2) is 1.95. The molecule has 11 heavy (non-hydrogen) atoms. The fourth-order valence-electron chi connectivity index (χ4n) is 0.935. The maximum absolute atomic E-state index is 5.44. The van der Waals surface area contributed by atoms with Gasteiger partial charge in [0.05, 0.1) is 12.5 Å². The van der Waals surface area contributed by atoms with Crippen LogP contribution in [0.15, 0.2) is 16.9 Å². The highest BCUT2D eigenvalue weighted by molar-refractivity contribution is 5.73. The average Bonchev–Trinajstić information content (AvgIpc) is 2.33. The van der Waals surface area contributed by atoms with E-state index in [-0.39, 0.29) is 0 Å². The van der Waals surface area contributed by atoms with Gasteiger partial charge in [-0.25, -0.2) is 9.97 Å². The van der Waals surface area contributed by atoms with Crippen molar-refractivity contribution in [2.24, 2.45) is 0 Å². The molecule has 0 saturated heterocycles. The molecule has 0 atom stereocenters. The Bertz CT molecular complexity index is 393. The first-order chi connectivity index (χ1) is 5.27. The minimum atomic E-state index is 0.419. The Balaban J connectivity index is 2.87. The Morgan fingerprint density at radius 1 is 1.55 bits per heavy atom. The second-order valence-electron chi connectivity index (χ2n) is 2.37. The van der Waals surface area contributed by atoms with Gasteiger partial charge in [0.15, 0.2) is 0 Å². The maximum atomic E-state index is 5.44. The van der Waals surface area contributed by atoms with E-state index >= 15 is 0 Å². The smallest absolute Gasteiger partial charge is 0.245 e. The summed E-state index contributed by atoms with van der Waals surface area (Å²) >= 11 is 0. The summed E-state index contributed by atoms with van der Waals surface area (Å²) in [7, 11) is 0. The molecule has 0 aromatic carbocycles. The molecule has 56 valence electrons. The number of furan rings is 1. The van der Waals surface area contributed by atoms with Gasteiger partial charge in [-0.2, -0.15) is 0 Å². The number of fused-ring (bicyclic) bond motifs is 1. The van der Waals surface area contributed by atoms with Crippen LogP contribution in [-0.2, 0) is 0 Å². The van der Waals surface area contributed by atoms with Crippen molar-refractivity contribution in [2.75, 3.05) is 5.73 Å². The van der Waals surface area contributed by atoms with E-state index < -0.39 is 0 Å². The molecule has 0 radical (unpaired) electrons. The number of hydrogen-bond acceptors (Lipinski definition) is 4. The summed E-state index contributed by atoms with van der Waals surface area (Å²) in [5.74, 6) is 0.419. The Hall–Kier alpha value is -1.58. The number of hydrogen-bond donors (Lipinski definition) is 1. The minimum Gasteiger partial charge on any atom is -0.445 e. The van der Waals surface area contributed by atoms with Gasteiger partial charge in [-0.05, 0) is 6.92 Å². The van der Waals surface area contributed by atoms with Crippen LogP contribution in [-0.4, -0.2) is 9.97 Å². The van der Waals surface area contributed by atoms with Crippen molar-refractivity contribution < 1.29 is 4.42 Å². The molecule has 0 bridgehead atoms. The summed E-state index contributed by atoms with van der Waals surface area (Å²) in [4.78, 5) is 8.00. The first kappa shape index (κ1) is 6.15. The first-order valence-corrected chi connectivity index (χ1v) is 3.23. The Kier molecular flexibility index (Phi) is 1.09. The summed E-state index contributed by atoms with van der Waals surface area (Å²) in [5.41, 5.74) is 7.67. The van der Waals surface area contributed by atoms with Gasteiger partial charge >= 0.3 is 0 Å². The van der Waals surface area contributed by atoms with E-state index in [1.807, 2.05) is 6.92 Å². The highest BCUT2D eigenvalue weighted by Crippen LogP contribution is 2.15. The lowest BCUT2D eigenvalue weighted by atomic mass is 10.3. The zero-order valence-corrected chi connectivity index (χ0v) is 6.03. The molecule has 2 heterocycles. The van der Waals surface area contributed by atoms with E-state index in [0.717, 1.165) is 11.1 Å². The van der Waals surface area contributed by atoms with Gasteiger partial charge in [-0.3, -0.25) is 0 Å². The van der Waals surface area contributed by atoms with Crippen molar-refractivity contribution >= 4 is 17.0 Å². The van der Waals surface area contributed by atoms with E-state index in [1.54, 1.807) is 6.26 Å². The van der Waals surface area contributed by atoms with E-state index in [2.05, 4.69) is 9.97 Å². The highest BCUT2D eigenvalue weighted by Gasteiger charge is 2.03. The largest absolute Gasteiger partial charge is 0.445 e. The summed E-state index contributed by atoms with van der Waals surface area (Å²) in [6.45, 7) is 1.90. The molecule has 0 aliphatic rings. The number of nitrogens with zero attached hydrogens (tertiary/aromatic N) is 2. The van der Waals surface area contributed by atoms with Crippen molar-refractivity contribution in [3.05, 3.63) is 18.0 Å². The number of nitrogens with two attached hydrogens (primary N) is 1. The standard InChI is InChI=1S/C7H7N3O/c1-4-3-11-7-6(4)10-5(8)2-9-7/h2-3H,1H3,(H2,8,10). The highest BCUT2D eigenvalue weighted by atomic mass is 16.3. The molecule has 0 aliphatic carbocycles. The summed E-state index contributed by atoms with van der Waals surface area (Å²) < 4.78 is 5.07. The van der Waals surface area contributed by atoms with Crippen molar-refractivity contribution in [2.45, 2.75) is 6.92 Å². The molecule has 2 aromatic heterocycles. The normalized spacial score (nSPS) is 10.6. The monoisotopic (exact) mass is 149 g/mol. The molecule has 2 rings (SSSR count). The van der Waals surface area contributed by atoms with Gasteiger partial charge < -0.3 is 10.2 Å². The average molecular weight is 149 g/mol. The zero-order chi connectivity index (χ0) is 7.84. The number of aryl methyl sites for hydroxylation is 1. The molecule has 0 spiro atoms. The van der Waals surface area contributed by atoms with Gasteiger partial charge in [0, 0.05) is 5.56 Å². The number of anilines is 1. The lowest BCUT2D eigenvalue weighted by Crippen LogP contribution is -1.90. The molecule has 4 heteroatoms. The van der Waals surface area contributed by atoms with Crippen LogP contribution in [0, 0.1) is 6.92 Å². The molecule has 4 nitrogen and oxygen atoms in total. The van der Waals surface area contributed by atoms with Crippen LogP contribution in [0.1, 0.15) is 5.56 Å². The van der Waals surface area contributed by atoms with Gasteiger partial charge in [0.2, 0.25) is 5.71 Å². The van der Waals surface area contributed by atoms with Crippen molar-refractivity contribution in [1.29, 1.82) is 0 Å². The predicted molar refractivity (Wildman–Crippen MR) is 41.0 cm³/mol. The quantitative estimate of drug-likeness (QED) is 0.609. The van der Waals surface area contributed by atoms with Gasteiger partial charge in [0.1, 0.15) is 11.3 Å². The van der Waals surface area contributed by atoms with E-state index in [4.69, 9.17) is 10.2 Å². The Morgan fingerprint density at radius 3 is 3.18 bits per heavy atom. The number of rotatable bonds is 0. The molecule has 0 fully saturated rings. The van der Waals surface area contributed by atoms with Crippen LogP contribution in [0.3, 0.4) is 0 Å². The lowest BCUT2D eigenvalue weighted by Gasteiger charge is -1.89. The minimum absolute atomic E-state index is 0.419. The van der Waals surface area contributed by atoms with Gasteiger partial charge in [-0.1, -0.05) is 0 Å². The molecule has 0 unspecified atom stereocenters. The molecule has 2 aromatic rings. The molecule has 0 amide bonds. The fourth-order valence-corrected chi connectivity index (χ4v) is 0.935. The van der Waals surface area contributed by atoms with Crippen LogP contribution in [0.2, 0.25) is 0 Å². The van der Waals surface area contributed by atoms with Crippen LogP contribution in [0.25, 0.3) is 11.2 Å². The maximum Gasteiger partial charge on any atom is 0.245 e. The van der Waals surface area contributed by atoms with E-state index in [9.17, 15) is 0 Å². The van der Waals surface area contributed by atoms with Crippen molar-refractivity contribution in [3.8, 4) is 0 Å². The molecular formula is C7H7N3O. The van der Waals surface area contributed by atoms with Crippen LogP contribution in [0.4, 0.5) is 5.82 Å². The van der Waals surface area contributed by atoms with Gasteiger partial charge in [0.25, 0.3) is 0 Å². The molecular weight excluding hydrogens is 142 g/mol. The summed E-state index contributed by atoms with van der Waals surface area (Å²) in [6, 6.07) is 0. The summed E-state index contributed by atoms with van der Waals surface area (Å²) in [6.07, 6.45) is 3.09. The van der Waals surface area contributed by atoms with Crippen molar-refractivity contribution in [1.82, 2.24) is 9.97 Å².